The lowest BCUT2D eigenvalue weighted by Gasteiger charge is -2.43. The van der Waals surface area contributed by atoms with Gasteiger partial charge in [-0.2, -0.15) is 26.3 Å². The average Bonchev–Trinajstić information content (AvgIpc) is 0.789. The molecule has 0 aliphatic heterocycles. The molecule has 10 aromatic carbocycles. The maximum absolute atomic E-state index is 12.4. The van der Waals surface area contributed by atoms with E-state index in [0.29, 0.717) is 102 Å². The standard InChI is InChI=1S/2C17H33NOSi2.2C16H30O2Si2.2C8H9F3OSi.2C8H12OSi.2C7H9ClOSi/c1-12(2)21(13(3)4,14(5)6)19-17-10-9-15(20)11-16(17)18(7)8;1-12(2)21(13(3)4,14(5)6)19-17-11-15(20)9-10-16(17)18(7)8;1-11(2)20(12(3)4,13(5)6)18-15-9-8-14(19)10-16(15)17-7;1-11(2)20(12(3)4,13(5)6)18-16-10-14(19)8-9-15(16)17-7;1-12-7-3-2-5(13)4-6(7)8(9,10)11;1-12-7-4-5(13)2-3-6(7)8(9,10)11;1-6-5-7(10)3-4-8(6)9-2;1-6-3-4-7(10)5-8(6)9-2;1-9-7-3-2-5(10)4-6(7)8;1-9-7-4-5(10)2-3-6(7)8/h2*9-14H,1-8,20H3;2*8-13H,1-7,19H3;2*2-4H,1,13H3;2*3-5H,1-2,10H3;2*2-4H,1,10H3. The number of anilines is 2. The third kappa shape index (κ3) is 41.8. The van der Waals surface area contributed by atoms with Gasteiger partial charge in [0, 0.05) is 131 Å². The van der Waals surface area contributed by atoms with Crippen molar-refractivity contribution in [2.24, 2.45) is 0 Å². The number of nitrogens with zero attached hydrogens (tertiary/aromatic N) is 2. The molecule has 10 aromatic rings. The molecule has 0 saturated carbocycles. The number of methoxy groups -OCH3 is 8. The van der Waals surface area contributed by atoms with Crippen LogP contribution in [-0.2, 0) is 12.4 Å². The molecule has 0 aliphatic rings. The fourth-order valence-electron chi connectivity index (χ4n) is 19.6. The lowest BCUT2D eigenvalue weighted by molar-refractivity contribution is -0.139. The van der Waals surface area contributed by atoms with Crippen molar-refractivity contribution in [3.8, 4) is 69.0 Å². The summed E-state index contributed by atoms with van der Waals surface area (Å²) >= 11 is 11.6. The highest BCUT2D eigenvalue weighted by Gasteiger charge is 2.51. The number of hydrogen-bond acceptors (Lipinski definition) is 14. The summed E-state index contributed by atoms with van der Waals surface area (Å²) in [6, 6.07) is 58.5. The number of hydrogen-bond donors (Lipinski definition) is 0. The normalized spacial score (nSPS) is 11.6. The smallest absolute Gasteiger partial charge is 0.419 e. The summed E-state index contributed by atoms with van der Waals surface area (Å²) < 4.78 is 142. The predicted molar refractivity (Wildman–Crippen MR) is 677 cm³/mol. The maximum atomic E-state index is 12.4. The molecule has 0 amide bonds. The van der Waals surface area contributed by atoms with Gasteiger partial charge in [0.05, 0.1) is 89.4 Å². The second-order valence-electron chi connectivity index (χ2n) is 42.3. The SMILES string of the molecule is CC(C)[Si](Oc1cc([SiH3])ccc1N(C)C)(C(C)C)C(C)C.CC(C)[Si](Oc1ccc([SiH3])cc1N(C)C)(C(C)C)C(C)C.COc1cc([SiH3])ccc1C.COc1cc([SiH3])ccc1C(F)(F)F.COc1cc([SiH3])ccc1Cl.COc1cc([SiH3])ccc1O[Si](C(C)C)(C(C)C)C(C)C.COc1ccc([SiH3])cc1C.COc1ccc([SiH3])cc1C(F)(F)F.COc1ccc([SiH3])cc1Cl.COc1ccc([SiH3])cc1O[Si](C(C)C)(C(C)C)C(C)C. The summed E-state index contributed by atoms with van der Waals surface area (Å²) in [5.74, 6) is 9.09. The predicted octanol–water partition coefficient (Wildman–Crippen LogP) is 15.2. The monoisotopic (exact) mass is 2330 g/mol. The molecular formula is C112H186Cl2F6N2O12Si14. The first kappa shape index (κ1) is 139. The van der Waals surface area contributed by atoms with Crippen molar-refractivity contribution in [3.63, 3.8) is 0 Å². The molecular weight excluding hydrogens is 2140 g/mol. The second-order valence-corrected chi connectivity index (χ2v) is 76.2. The minimum atomic E-state index is -4.33. The molecule has 0 saturated heterocycles. The highest BCUT2D eigenvalue weighted by atomic mass is 35.5. The van der Waals surface area contributed by atoms with Crippen LogP contribution in [0.25, 0.3) is 0 Å². The Bertz CT molecular complexity index is 5430. The Hall–Kier alpha value is -7.40. The molecule has 0 unspecified atom stereocenters. The summed E-state index contributed by atoms with van der Waals surface area (Å²) in [5, 5.41) is 13.8. The molecule has 0 spiro atoms. The molecule has 0 bridgehead atoms. The van der Waals surface area contributed by atoms with Crippen LogP contribution in [0.15, 0.2) is 182 Å². The quantitative estimate of drug-likeness (QED) is 0.0314. The number of ether oxygens (including phenoxy) is 8. The fourth-order valence-corrected chi connectivity index (χ4v) is 45.8. The Kier molecular flexibility index (Phi) is 61.2. The van der Waals surface area contributed by atoms with Crippen LogP contribution in [0.2, 0.25) is 76.5 Å². The van der Waals surface area contributed by atoms with E-state index in [2.05, 4.69) is 325 Å². The van der Waals surface area contributed by atoms with E-state index in [9.17, 15) is 26.3 Å². The largest absolute Gasteiger partial charge is 0.541 e. The van der Waals surface area contributed by atoms with E-state index in [4.69, 9.17) is 69.3 Å². The lowest BCUT2D eigenvalue weighted by Crippen LogP contribution is -2.51. The van der Waals surface area contributed by atoms with Crippen LogP contribution in [0.5, 0.6) is 69.0 Å². The molecule has 36 heteroatoms. The highest BCUT2D eigenvalue weighted by Crippen LogP contribution is 2.50. The van der Waals surface area contributed by atoms with Crippen molar-refractivity contribution in [2.75, 3.05) is 94.9 Å². The van der Waals surface area contributed by atoms with Crippen LogP contribution in [0.3, 0.4) is 0 Å². The topological polar surface area (TPSA) is 117 Å². The second kappa shape index (κ2) is 65.3. The van der Waals surface area contributed by atoms with Gasteiger partial charge in [-0.15, -0.1) is 0 Å². The zero-order valence-corrected chi connectivity index (χ0v) is 125. The molecule has 14 nitrogen and oxygen atoms in total. The third-order valence-electron chi connectivity index (χ3n) is 26.9. The van der Waals surface area contributed by atoms with Gasteiger partial charge in [-0.3, -0.25) is 0 Å². The van der Waals surface area contributed by atoms with Crippen LogP contribution < -0.4 is 117 Å². The first-order valence-corrected chi connectivity index (χ1v) is 70.8. The lowest BCUT2D eigenvalue weighted by atomic mass is 10.2. The highest BCUT2D eigenvalue weighted by molar-refractivity contribution is 6.80. The van der Waals surface area contributed by atoms with Crippen molar-refractivity contribution in [2.45, 2.75) is 259 Å². The van der Waals surface area contributed by atoms with Crippen molar-refractivity contribution in [3.05, 3.63) is 214 Å². The Morgan fingerprint density at radius 2 is 0.473 bits per heavy atom. The van der Waals surface area contributed by atoms with Crippen molar-refractivity contribution in [1.29, 1.82) is 0 Å². The van der Waals surface area contributed by atoms with Gasteiger partial charge in [-0.05, 0) is 201 Å². The molecule has 148 heavy (non-hydrogen) atoms. The van der Waals surface area contributed by atoms with E-state index in [1.54, 1.807) is 48.7 Å². The van der Waals surface area contributed by atoms with E-state index >= 15 is 0 Å². The molecule has 0 heterocycles. The van der Waals surface area contributed by atoms with E-state index in [-0.39, 0.29) is 11.5 Å². The van der Waals surface area contributed by atoms with Gasteiger partial charge in [0.25, 0.3) is 33.3 Å². The van der Waals surface area contributed by atoms with E-state index in [1.807, 2.05) is 48.5 Å². The Labute approximate surface area is 933 Å². The molecule has 0 aliphatic carbocycles. The minimum absolute atomic E-state index is 0.0972. The summed E-state index contributed by atoms with van der Waals surface area (Å²) in [5.41, 5.74) is 10.5. The Morgan fingerprint density at radius 1 is 0.216 bits per heavy atom. The summed E-state index contributed by atoms with van der Waals surface area (Å²) in [6.45, 7) is 59.9. The zero-order chi connectivity index (χ0) is 114. The van der Waals surface area contributed by atoms with Gasteiger partial charge in [0.15, 0.2) is 11.5 Å². The van der Waals surface area contributed by atoms with E-state index in [0.717, 1.165) is 157 Å². The molecule has 0 aromatic heterocycles. The summed E-state index contributed by atoms with van der Waals surface area (Å²) in [6.07, 6.45) is -8.66. The van der Waals surface area contributed by atoms with Crippen LogP contribution >= 0.6 is 23.2 Å². The van der Waals surface area contributed by atoms with Gasteiger partial charge in [0.2, 0.25) is 0 Å². The van der Waals surface area contributed by atoms with Crippen LogP contribution in [0.1, 0.15) is 188 Å². The molecule has 828 valence electrons. The summed E-state index contributed by atoms with van der Waals surface area (Å²) in [7, 11) is 23.2. The molecule has 0 N–H and O–H groups in total. The van der Waals surface area contributed by atoms with Gasteiger partial charge < -0.3 is 65.4 Å². The number of rotatable bonds is 30. The maximum Gasteiger partial charge on any atom is 0.419 e. The van der Waals surface area contributed by atoms with Gasteiger partial charge in [-0.1, -0.05) is 314 Å². The number of halogens is 8. The van der Waals surface area contributed by atoms with Gasteiger partial charge in [-0.25, -0.2) is 0 Å². The number of alkyl halides is 6. The Balaban J connectivity index is 0.000000833. The zero-order valence-electron chi connectivity index (χ0n) is 99.1. The van der Waals surface area contributed by atoms with Crippen molar-refractivity contribution in [1.82, 2.24) is 0 Å². The molecule has 10 rings (SSSR count). The molecule has 0 radical (unpaired) electrons. The van der Waals surface area contributed by atoms with E-state index in [1.165, 1.54) is 96.4 Å². The Morgan fingerprint density at radius 3 is 0.818 bits per heavy atom. The van der Waals surface area contributed by atoms with Crippen LogP contribution in [-0.4, -0.2) is 221 Å². The fraction of sp³-hybridized carbons (Fsp3) is 0.464. The van der Waals surface area contributed by atoms with Gasteiger partial charge in [0.1, 0.15) is 57.5 Å². The molecule has 0 atom stereocenters. The summed E-state index contributed by atoms with van der Waals surface area (Å²) in [4.78, 5) is 4.34. The van der Waals surface area contributed by atoms with Crippen LogP contribution in [0.4, 0.5) is 37.7 Å². The average molecular weight is 2330 g/mol. The first-order chi connectivity index (χ1) is 68.6. The first-order valence-electron chi connectivity index (χ1n) is 51.5. The van der Waals surface area contributed by atoms with Crippen molar-refractivity contribution < 1.29 is 81.9 Å². The van der Waals surface area contributed by atoms with E-state index < -0.39 is 56.7 Å². The number of aryl methyl sites for hydroxylation is 2. The minimum Gasteiger partial charge on any atom is -0.541 e. The number of benzene rings is 10. The molecule has 0 fully saturated rings. The van der Waals surface area contributed by atoms with Gasteiger partial charge >= 0.3 is 12.4 Å². The van der Waals surface area contributed by atoms with Crippen molar-refractivity contribution >= 4 is 222 Å². The third-order valence-corrected chi connectivity index (χ3v) is 57.6. The van der Waals surface area contributed by atoms with Crippen LogP contribution in [0, 0.1) is 13.8 Å².